The van der Waals surface area contributed by atoms with Crippen LogP contribution in [0.3, 0.4) is 0 Å². The molecule has 4 aromatic rings. The molecule has 0 radical (unpaired) electrons. The number of carbonyl (C=O) groups is 3. The summed E-state index contributed by atoms with van der Waals surface area (Å²) in [6, 6.07) is 31.3. The molecule has 0 aliphatic carbocycles. The number of hydrogen-bond donors (Lipinski definition) is 1. The number of nitrogens with zero attached hydrogens (tertiary/aromatic N) is 1. The molecule has 1 saturated heterocycles. The van der Waals surface area contributed by atoms with Gasteiger partial charge in [0.05, 0.1) is 5.92 Å². The molecular weight excluding hydrogens is 544 g/mol. The maximum atomic E-state index is 12.7. The minimum absolute atomic E-state index is 0.0156. The second-order valence-electron chi connectivity index (χ2n) is 11.4. The van der Waals surface area contributed by atoms with Crippen LogP contribution in [0.4, 0.5) is 11.4 Å². The highest BCUT2D eigenvalue weighted by atomic mass is 16.5. The van der Waals surface area contributed by atoms with Gasteiger partial charge < -0.3 is 24.4 Å². The summed E-state index contributed by atoms with van der Waals surface area (Å²) in [5.41, 5.74) is 2.48. The Hall–Kier alpha value is -5.11. The first-order valence-corrected chi connectivity index (χ1v) is 14.1. The zero-order chi connectivity index (χ0) is 30.4. The van der Waals surface area contributed by atoms with E-state index in [1.165, 1.54) is 5.56 Å². The topological polar surface area (TPSA) is 94.2 Å². The van der Waals surface area contributed by atoms with E-state index in [9.17, 15) is 14.4 Å². The number of anilines is 2. The van der Waals surface area contributed by atoms with E-state index >= 15 is 0 Å². The molecule has 1 aliphatic rings. The van der Waals surface area contributed by atoms with Crippen molar-refractivity contribution in [3.8, 4) is 23.0 Å². The van der Waals surface area contributed by atoms with Crippen molar-refractivity contribution in [3.05, 3.63) is 109 Å². The summed E-state index contributed by atoms with van der Waals surface area (Å²) in [5, 5.41) is 2.69. The van der Waals surface area contributed by atoms with Gasteiger partial charge in [-0.1, -0.05) is 51.1 Å². The average Bonchev–Trinajstić information content (AvgIpc) is 3.39. The zero-order valence-corrected chi connectivity index (χ0v) is 24.4. The third-order valence-corrected chi connectivity index (χ3v) is 7.03. The number of ether oxygens (including phenoxy) is 3. The molecule has 2 amide bonds. The van der Waals surface area contributed by atoms with E-state index < -0.39 is 24.4 Å². The number of carbonyl (C=O) groups excluding carboxylic acids is 3. The maximum Gasteiger partial charge on any atom is 0.311 e. The second kappa shape index (κ2) is 12.8. The van der Waals surface area contributed by atoms with Crippen LogP contribution in [0.15, 0.2) is 103 Å². The molecule has 0 bridgehead atoms. The van der Waals surface area contributed by atoms with Gasteiger partial charge in [-0.15, -0.1) is 0 Å². The monoisotopic (exact) mass is 578 g/mol. The molecule has 1 N–H and O–H groups in total. The quantitative estimate of drug-likeness (QED) is 0.213. The van der Waals surface area contributed by atoms with Crippen LogP contribution in [-0.2, 0) is 24.5 Å². The number of rotatable bonds is 9. The molecule has 1 heterocycles. The predicted molar refractivity (Wildman–Crippen MR) is 165 cm³/mol. The Kier molecular flexibility index (Phi) is 8.76. The fraction of sp³-hybridized carbons (Fsp3) is 0.229. The lowest BCUT2D eigenvalue weighted by Gasteiger charge is -2.19. The number of esters is 1. The van der Waals surface area contributed by atoms with Crippen molar-refractivity contribution in [3.63, 3.8) is 0 Å². The van der Waals surface area contributed by atoms with Crippen molar-refractivity contribution in [2.24, 2.45) is 5.92 Å². The van der Waals surface area contributed by atoms with E-state index in [4.69, 9.17) is 14.2 Å². The van der Waals surface area contributed by atoms with Gasteiger partial charge in [0.25, 0.3) is 5.91 Å². The van der Waals surface area contributed by atoms with Crippen LogP contribution in [-0.4, -0.2) is 30.9 Å². The summed E-state index contributed by atoms with van der Waals surface area (Å²) in [4.78, 5) is 39.3. The summed E-state index contributed by atoms with van der Waals surface area (Å²) in [5.74, 6) is 0.782. The summed E-state index contributed by atoms with van der Waals surface area (Å²) >= 11 is 0. The fourth-order valence-corrected chi connectivity index (χ4v) is 4.65. The summed E-state index contributed by atoms with van der Waals surface area (Å²) in [6.07, 6.45) is 0.0156. The van der Waals surface area contributed by atoms with E-state index in [1.807, 2.05) is 42.5 Å². The first-order chi connectivity index (χ1) is 20.6. The standard InChI is InChI=1S/C35H34N2O6/c1-35(2,3)25-9-15-29(16-10-25)43-31-19-13-27(14-20-31)37-22-24(21-33(37)39)34(40)41-23-32(38)36-26-11-17-30(18-12-26)42-28-7-5-4-6-8-28/h4-20,24H,21-23H2,1-3H3,(H,36,38)/t24-/m0/s1. The van der Waals surface area contributed by atoms with Crippen LogP contribution in [0.5, 0.6) is 23.0 Å². The van der Waals surface area contributed by atoms with Gasteiger partial charge in [-0.3, -0.25) is 14.4 Å². The second-order valence-corrected chi connectivity index (χ2v) is 11.4. The van der Waals surface area contributed by atoms with Crippen LogP contribution < -0.4 is 19.7 Å². The molecule has 1 fully saturated rings. The van der Waals surface area contributed by atoms with Crippen LogP contribution >= 0.6 is 0 Å². The van der Waals surface area contributed by atoms with Gasteiger partial charge in [-0.05, 0) is 83.8 Å². The van der Waals surface area contributed by atoms with E-state index in [-0.39, 0.29) is 24.3 Å². The molecule has 0 aromatic heterocycles. The Morgan fingerprint density at radius 3 is 1.88 bits per heavy atom. The van der Waals surface area contributed by atoms with Crippen LogP contribution in [0.25, 0.3) is 0 Å². The average molecular weight is 579 g/mol. The van der Waals surface area contributed by atoms with Gasteiger partial charge in [-0.2, -0.15) is 0 Å². The van der Waals surface area contributed by atoms with Gasteiger partial charge in [0.2, 0.25) is 5.91 Å². The van der Waals surface area contributed by atoms with E-state index in [1.54, 1.807) is 53.4 Å². The normalized spacial score (nSPS) is 14.7. The fourth-order valence-electron chi connectivity index (χ4n) is 4.65. The summed E-state index contributed by atoms with van der Waals surface area (Å²) in [7, 11) is 0. The highest BCUT2D eigenvalue weighted by molar-refractivity contribution is 6.00. The highest BCUT2D eigenvalue weighted by Gasteiger charge is 2.36. The first kappa shape index (κ1) is 29.4. The molecular formula is C35H34N2O6. The Bertz CT molecular complexity index is 1560. The summed E-state index contributed by atoms with van der Waals surface area (Å²) < 4.78 is 16.9. The van der Waals surface area contributed by atoms with Crippen LogP contribution in [0, 0.1) is 5.92 Å². The lowest BCUT2D eigenvalue weighted by Crippen LogP contribution is -2.28. The number of amides is 2. The molecule has 0 unspecified atom stereocenters. The molecule has 1 aliphatic heterocycles. The lowest BCUT2D eigenvalue weighted by molar-refractivity contribution is -0.151. The summed E-state index contributed by atoms with van der Waals surface area (Å²) in [6.45, 7) is 6.21. The van der Waals surface area contributed by atoms with Crippen molar-refractivity contribution in [1.82, 2.24) is 0 Å². The van der Waals surface area contributed by atoms with E-state index in [0.29, 0.717) is 28.6 Å². The Labute approximate surface area is 251 Å². The molecule has 43 heavy (non-hydrogen) atoms. The molecule has 0 saturated carbocycles. The molecule has 1 atom stereocenters. The number of nitrogens with one attached hydrogen (secondary N) is 1. The van der Waals surface area contributed by atoms with Gasteiger partial charge in [0, 0.05) is 24.3 Å². The maximum absolute atomic E-state index is 12.7. The third-order valence-electron chi connectivity index (χ3n) is 7.03. The van der Waals surface area contributed by atoms with Gasteiger partial charge in [0.15, 0.2) is 6.61 Å². The number of para-hydroxylation sites is 1. The lowest BCUT2D eigenvalue weighted by atomic mass is 9.87. The van der Waals surface area contributed by atoms with Gasteiger partial charge in [0.1, 0.15) is 23.0 Å². The number of hydrogen-bond acceptors (Lipinski definition) is 6. The van der Waals surface area contributed by atoms with E-state index in [0.717, 1.165) is 5.75 Å². The molecule has 220 valence electrons. The Morgan fingerprint density at radius 2 is 1.30 bits per heavy atom. The van der Waals surface area contributed by atoms with Crippen molar-refractivity contribution < 1.29 is 28.6 Å². The first-order valence-electron chi connectivity index (χ1n) is 14.1. The molecule has 4 aromatic carbocycles. The number of benzene rings is 4. The minimum atomic E-state index is -0.660. The molecule has 5 rings (SSSR count). The predicted octanol–water partition coefficient (Wildman–Crippen LogP) is 7.10. The molecule has 0 spiro atoms. The van der Waals surface area contributed by atoms with Gasteiger partial charge in [-0.25, -0.2) is 0 Å². The van der Waals surface area contributed by atoms with Crippen LogP contribution in [0.1, 0.15) is 32.8 Å². The highest BCUT2D eigenvalue weighted by Crippen LogP contribution is 2.31. The SMILES string of the molecule is CC(C)(C)c1ccc(Oc2ccc(N3C[C@@H](C(=O)OCC(=O)Nc4ccc(Oc5ccccc5)cc4)CC3=O)cc2)cc1. The zero-order valence-electron chi connectivity index (χ0n) is 24.4. The molecule has 8 nitrogen and oxygen atoms in total. The van der Waals surface area contributed by atoms with Crippen molar-refractivity contribution in [2.75, 3.05) is 23.4 Å². The van der Waals surface area contributed by atoms with Crippen LogP contribution in [0.2, 0.25) is 0 Å². The van der Waals surface area contributed by atoms with Crippen molar-refractivity contribution >= 4 is 29.2 Å². The largest absolute Gasteiger partial charge is 0.457 e. The Balaban J connectivity index is 1.08. The third kappa shape index (κ3) is 7.80. The van der Waals surface area contributed by atoms with Crippen molar-refractivity contribution in [2.45, 2.75) is 32.6 Å². The minimum Gasteiger partial charge on any atom is -0.457 e. The Morgan fingerprint density at radius 1 is 0.767 bits per heavy atom. The van der Waals surface area contributed by atoms with Crippen molar-refractivity contribution in [1.29, 1.82) is 0 Å². The van der Waals surface area contributed by atoms with Gasteiger partial charge >= 0.3 is 5.97 Å². The smallest absolute Gasteiger partial charge is 0.311 e. The molecule has 8 heteroatoms. The van der Waals surface area contributed by atoms with E-state index in [2.05, 4.69) is 38.2 Å².